The molecule has 1 atom stereocenters. The SMILES string of the molecule is c1c[nH]c(-c2noc(C3CCCN3)n2)c1. The molecule has 0 spiro atoms. The highest BCUT2D eigenvalue weighted by Gasteiger charge is 2.22. The van der Waals surface area contributed by atoms with Gasteiger partial charge in [0.2, 0.25) is 11.7 Å². The lowest BCUT2D eigenvalue weighted by Gasteiger charge is -2.01. The lowest BCUT2D eigenvalue weighted by atomic mass is 10.2. The molecule has 1 unspecified atom stereocenters. The first kappa shape index (κ1) is 8.67. The van der Waals surface area contributed by atoms with E-state index in [1.54, 1.807) is 0 Å². The molecule has 1 aliphatic heterocycles. The number of nitrogens with one attached hydrogen (secondary N) is 2. The number of aromatic nitrogens is 3. The van der Waals surface area contributed by atoms with E-state index in [4.69, 9.17) is 4.52 Å². The number of hydrogen-bond acceptors (Lipinski definition) is 4. The maximum Gasteiger partial charge on any atom is 0.244 e. The number of rotatable bonds is 2. The first-order valence-electron chi connectivity index (χ1n) is 5.14. The Hall–Kier alpha value is -1.62. The number of nitrogens with zero attached hydrogens (tertiary/aromatic N) is 2. The quantitative estimate of drug-likeness (QED) is 0.777. The number of H-pyrrole nitrogens is 1. The highest BCUT2D eigenvalue weighted by Crippen LogP contribution is 2.23. The summed E-state index contributed by atoms with van der Waals surface area (Å²) in [7, 11) is 0. The van der Waals surface area contributed by atoms with Gasteiger partial charge in [0.05, 0.1) is 11.7 Å². The summed E-state index contributed by atoms with van der Waals surface area (Å²) >= 11 is 0. The highest BCUT2D eigenvalue weighted by molar-refractivity contribution is 5.47. The molecule has 3 heterocycles. The fourth-order valence-electron chi connectivity index (χ4n) is 1.85. The Bertz CT molecular complexity index is 428. The van der Waals surface area contributed by atoms with Crippen molar-refractivity contribution in [3.05, 3.63) is 24.2 Å². The summed E-state index contributed by atoms with van der Waals surface area (Å²) in [5, 5.41) is 7.27. The lowest BCUT2D eigenvalue weighted by Crippen LogP contribution is -2.12. The maximum absolute atomic E-state index is 5.23. The van der Waals surface area contributed by atoms with Gasteiger partial charge < -0.3 is 14.8 Å². The molecule has 0 radical (unpaired) electrons. The van der Waals surface area contributed by atoms with Crippen LogP contribution in [0, 0.1) is 0 Å². The molecule has 0 amide bonds. The van der Waals surface area contributed by atoms with Crippen LogP contribution in [0.25, 0.3) is 11.5 Å². The van der Waals surface area contributed by atoms with Gasteiger partial charge in [0.15, 0.2) is 0 Å². The standard InChI is InChI=1S/C10H12N4O/c1-3-7(11-5-1)9-13-10(15-14-9)8-4-2-6-12-8/h1,3,5,8,11-12H,2,4,6H2. The molecule has 5 heteroatoms. The van der Waals surface area contributed by atoms with Gasteiger partial charge in [0.1, 0.15) is 0 Å². The second-order valence-electron chi connectivity index (χ2n) is 3.69. The minimum absolute atomic E-state index is 0.237. The molecule has 15 heavy (non-hydrogen) atoms. The molecular formula is C10H12N4O. The second-order valence-corrected chi connectivity index (χ2v) is 3.69. The van der Waals surface area contributed by atoms with Crippen LogP contribution in [0.1, 0.15) is 24.8 Å². The van der Waals surface area contributed by atoms with Crippen LogP contribution in [0.4, 0.5) is 0 Å². The van der Waals surface area contributed by atoms with E-state index in [0.29, 0.717) is 11.7 Å². The third-order valence-corrected chi connectivity index (χ3v) is 2.64. The normalized spacial score (nSPS) is 20.9. The van der Waals surface area contributed by atoms with Crippen molar-refractivity contribution in [2.45, 2.75) is 18.9 Å². The minimum atomic E-state index is 0.237. The van der Waals surface area contributed by atoms with E-state index >= 15 is 0 Å². The molecule has 5 nitrogen and oxygen atoms in total. The van der Waals surface area contributed by atoms with Crippen LogP contribution in [-0.4, -0.2) is 21.7 Å². The summed E-state index contributed by atoms with van der Waals surface area (Å²) in [6.45, 7) is 1.03. The van der Waals surface area contributed by atoms with E-state index in [9.17, 15) is 0 Å². The zero-order chi connectivity index (χ0) is 10.1. The zero-order valence-corrected chi connectivity index (χ0v) is 8.23. The van der Waals surface area contributed by atoms with Crippen LogP contribution >= 0.6 is 0 Å². The van der Waals surface area contributed by atoms with Gasteiger partial charge in [-0.25, -0.2) is 0 Å². The van der Waals surface area contributed by atoms with Gasteiger partial charge in [-0.2, -0.15) is 4.98 Å². The Morgan fingerprint density at radius 2 is 2.47 bits per heavy atom. The van der Waals surface area contributed by atoms with Crippen molar-refractivity contribution < 1.29 is 4.52 Å². The van der Waals surface area contributed by atoms with Crippen LogP contribution in [-0.2, 0) is 0 Å². The van der Waals surface area contributed by atoms with Crippen molar-refractivity contribution in [1.29, 1.82) is 0 Å². The van der Waals surface area contributed by atoms with Gasteiger partial charge in [-0.05, 0) is 31.5 Å². The Morgan fingerprint density at radius 3 is 3.20 bits per heavy atom. The van der Waals surface area contributed by atoms with E-state index in [-0.39, 0.29) is 6.04 Å². The summed E-state index contributed by atoms with van der Waals surface area (Å²) in [6.07, 6.45) is 4.09. The first-order chi connectivity index (χ1) is 7.43. The molecule has 1 aliphatic rings. The summed E-state index contributed by atoms with van der Waals surface area (Å²) in [5.41, 5.74) is 0.892. The average molecular weight is 204 g/mol. The van der Waals surface area contributed by atoms with E-state index < -0.39 is 0 Å². The smallest absolute Gasteiger partial charge is 0.244 e. The fourth-order valence-corrected chi connectivity index (χ4v) is 1.85. The average Bonchev–Trinajstić information content (AvgIpc) is 3.02. The first-order valence-corrected chi connectivity index (χ1v) is 5.14. The molecule has 0 bridgehead atoms. The van der Waals surface area contributed by atoms with Crippen molar-refractivity contribution in [2.75, 3.05) is 6.54 Å². The van der Waals surface area contributed by atoms with E-state index in [1.807, 2.05) is 18.3 Å². The van der Waals surface area contributed by atoms with E-state index in [1.165, 1.54) is 6.42 Å². The maximum atomic E-state index is 5.23. The molecule has 2 aromatic heterocycles. The van der Waals surface area contributed by atoms with Crippen LogP contribution in [0.5, 0.6) is 0 Å². The molecule has 1 fully saturated rings. The molecule has 3 rings (SSSR count). The van der Waals surface area contributed by atoms with Gasteiger partial charge in [-0.15, -0.1) is 0 Å². The van der Waals surface area contributed by atoms with Gasteiger partial charge in [0.25, 0.3) is 0 Å². The summed E-state index contributed by atoms with van der Waals surface area (Å²) in [4.78, 5) is 7.42. The van der Waals surface area contributed by atoms with Gasteiger partial charge in [0, 0.05) is 6.20 Å². The predicted molar refractivity (Wildman–Crippen MR) is 54.1 cm³/mol. The molecule has 0 aromatic carbocycles. The van der Waals surface area contributed by atoms with Crippen molar-refractivity contribution >= 4 is 0 Å². The molecule has 0 aliphatic carbocycles. The van der Waals surface area contributed by atoms with Gasteiger partial charge in [-0.1, -0.05) is 5.16 Å². The van der Waals surface area contributed by atoms with Crippen LogP contribution in [0.15, 0.2) is 22.9 Å². The number of hydrogen-bond donors (Lipinski definition) is 2. The summed E-state index contributed by atoms with van der Waals surface area (Å²) in [6, 6.07) is 4.08. The molecule has 2 N–H and O–H groups in total. The third-order valence-electron chi connectivity index (χ3n) is 2.64. The second kappa shape index (κ2) is 3.51. The molecule has 2 aromatic rings. The van der Waals surface area contributed by atoms with Crippen molar-refractivity contribution in [2.24, 2.45) is 0 Å². The number of aromatic amines is 1. The molecule has 1 saturated heterocycles. The van der Waals surface area contributed by atoms with Crippen molar-refractivity contribution in [3.63, 3.8) is 0 Å². The predicted octanol–water partition coefficient (Wildman–Crippen LogP) is 1.49. The summed E-state index contributed by atoms with van der Waals surface area (Å²) < 4.78 is 5.23. The topological polar surface area (TPSA) is 66.7 Å². The van der Waals surface area contributed by atoms with E-state index in [0.717, 1.165) is 18.7 Å². The van der Waals surface area contributed by atoms with Crippen molar-refractivity contribution in [3.8, 4) is 11.5 Å². The highest BCUT2D eigenvalue weighted by atomic mass is 16.5. The van der Waals surface area contributed by atoms with Crippen LogP contribution in [0.3, 0.4) is 0 Å². The molecule has 0 saturated carbocycles. The fraction of sp³-hybridized carbons (Fsp3) is 0.400. The van der Waals surface area contributed by atoms with Crippen LogP contribution < -0.4 is 5.32 Å². The molecular weight excluding hydrogens is 192 g/mol. The van der Waals surface area contributed by atoms with Crippen LogP contribution in [0.2, 0.25) is 0 Å². The molecule has 78 valence electrons. The Balaban J connectivity index is 1.87. The van der Waals surface area contributed by atoms with Gasteiger partial charge in [-0.3, -0.25) is 0 Å². The monoisotopic (exact) mass is 204 g/mol. The van der Waals surface area contributed by atoms with Gasteiger partial charge >= 0.3 is 0 Å². The zero-order valence-electron chi connectivity index (χ0n) is 8.23. The minimum Gasteiger partial charge on any atom is -0.359 e. The Morgan fingerprint density at radius 1 is 1.47 bits per heavy atom. The summed E-state index contributed by atoms with van der Waals surface area (Å²) in [5.74, 6) is 1.32. The Kier molecular flexibility index (Phi) is 2.03. The van der Waals surface area contributed by atoms with Crippen molar-refractivity contribution in [1.82, 2.24) is 20.4 Å². The Labute approximate surface area is 86.9 Å². The van der Waals surface area contributed by atoms with E-state index in [2.05, 4.69) is 20.4 Å². The lowest BCUT2D eigenvalue weighted by molar-refractivity contribution is 0.345. The largest absolute Gasteiger partial charge is 0.359 e. The third kappa shape index (κ3) is 1.55.